The number of rotatable bonds is 6. The van der Waals surface area contributed by atoms with E-state index in [0.717, 1.165) is 0 Å². The van der Waals surface area contributed by atoms with Crippen LogP contribution in [0.4, 0.5) is 0 Å². The van der Waals surface area contributed by atoms with E-state index in [2.05, 4.69) is 0 Å². The van der Waals surface area contributed by atoms with Crippen molar-refractivity contribution in [3.63, 3.8) is 0 Å². The van der Waals surface area contributed by atoms with Crippen LogP contribution in [0.2, 0.25) is 0 Å². The normalized spacial score (nSPS) is 10.9. The second-order valence-corrected chi connectivity index (χ2v) is 4.63. The van der Waals surface area contributed by atoms with Crippen molar-refractivity contribution in [2.24, 2.45) is 11.1 Å². The maximum Gasteiger partial charge on any atom is 0.303 e. The Morgan fingerprint density at radius 2 is 1.75 bits per heavy atom. The molecule has 0 aromatic carbocycles. The number of nitrogens with zero attached hydrogens (tertiary/aromatic N) is 1. The van der Waals surface area contributed by atoms with Crippen LogP contribution in [0.25, 0.3) is 0 Å². The zero-order valence-electron chi connectivity index (χ0n) is 9.82. The van der Waals surface area contributed by atoms with Gasteiger partial charge in [0.1, 0.15) is 0 Å². The predicted octanol–water partition coefficient (Wildman–Crippen LogP) is -0.179. The molecular weight excluding hydrogens is 212 g/mol. The summed E-state index contributed by atoms with van der Waals surface area (Å²) in [6, 6.07) is 0. The molecule has 0 aliphatic rings. The number of nitrogens with two attached hydrogens (primary N) is 1. The van der Waals surface area contributed by atoms with Crippen LogP contribution in [-0.2, 0) is 14.4 Å². The zero-order valence-corrected chi connectivity index (χ0v) is 9.82. The van der Waals surface area contributed by atoms with E-state index in [1.54, 1.807) is 13.8 Å². The molecule has 0 heterocycles. The average molecular weight is 230 g/mol. The third-order valence-corrected chi connectivity index (χ3v) is 2.08. The van der Waals surface area contributed by atoms with Gasteiger partial charge in [-0.3, -0.25) is 14.4 Å². The monoisotopic (exact) mass is 230 g/mol. The first-order valence-electron chi connectivity index (χ1n) is 4.88. The lowest BCUT2D eigenvalue weighted by molar-refractivity contribution is -0.141. The number of carboxylic acid groups (broad SMARTS) is 1. The Hall–Kier alpha value is -1.59. The molecule has 92 valence electrons. The highest BCUT2D eigenvalue weighted by Crippen LogP contribution is 2.25. The van der Waals surface area contributed by atoms with Crippen molar-refractivity contribution in [1.82, 2.24) is 4.90 Å². The Morgan fingerprint density at radius 1 is 1.25 bits per heavy atom. The summed E-state index contributed by atoms with van der Waals surface area (Å²) in [5, 5.41) is 8.65. The number of aliphatic carboxylic acids is 1. The molecule has 3 N–H and O–H groups in total. The Labute approximate surface area is 94.4 Å². The van der Waals surface area contributed by atoms with Crippen LogP contribution in [0, 0.1) is 5.41 Å². The number of likely N-dealkylation sites (N-methyl/N-ethyl adjacent to an activating group) is 1. The molecule has 0 rings (SSSR count). The van der Waals surface area contributed by atoms with E-state index >= 15 is 0 Å². The molecule has 0 atom stereocenters. The Kier molecular flexibility index (Phi) is 4.94. The molecule has 2 amide bonds. The summed E-state index contributed by atoms with van der Waals surface area (Å²) in [6.45, 7) is 3.23. The molecule has 0 fully saturated rings. The molecule has 0 aliphatic heterocycles. The minimum absolute atomic E-state index is 0.0725. The molecule has 6 heteroatoms. The summed E-state index contributed by atoms with van der Waals surface area (Å²) < 4.78 is 0. The summed E-state index contributed by atoms with van der Waals surface area (Å²) in [6.07, 6.45) is -0.0216. The smallest absolute Gasteiger partial charge is 0.303 e. The van der Waals surface area contributed by atoms with Gasteiger partial charge in [-0.05, 0) is 5.41 Å². The van der Waals surface area contributed by atoms with Crippen molar-refractivity contribution in [2.45, 2.75) is 26.7 Å². The Bertz CT molecular complexity index is 299. The SMILES string of the molecule is CN(CC(N)=O)C(=O)CC(C)(C)CC(=O)O. The van der Waals surface area contributed by atoms with Crippen LogP contribution in [0.5, 0.6) is 0 Å². The van der Waals surface area contributed by atoms with E-state index in [1.165, 1.54) is 11.9 Å². The fourth-order valence-electron chi connectivity index (χ4n) is 1.34. The molecular formula is C10H18N2O4. The van der Waals surface area contributed by atoms with Crippen LogP contribution >= 0.6 is 0 Å². The number of hydrogen-bond donors (Lipinski definition) is 2. The van der Waals surface area contributed by atoms with Crippen molar-refractivity contribution in [2.75, 3.05) is 13.6 Å². The van der Waals surface area contributed by atoms with E-state index in [-0.39, 0.29) is 25.3 Å². The number of hydrogen-bond acceptors (Lipinski definition) is 3. The second kappa shape index (κ2) is 5.48. The molecule has 16 heavy (non-hydrogen) atoms. The quantitative estimate of drug-likeness (QED) is 0.661. The lowest BCUT2D eigenvalue weighted by atomic mass is 9.85. The van der Waals surface area contributed by atoms with Crippen LogP contribution in [0.3, 0.4) is 0 Å². The summed E-state index contributed by atoms with van der Waals surface area (Å²) in [5.74, 6) is -1.83. The fraction of sp³-hybridized carbons (Fsp3) is 0.700. The van der Waals surface area contributed by atoms with Gasteiger partial charge in [0.25, 0.3) is 0 Å². The standard InChI is InChI=1S/C10H18N2O4/c1-10(2,5-9(15)16)4-8(14)12(3)6-7(11)13/h4-6H2,1-3H3,(H2,11,13)(H,15,16). The van der Waals surface area contributed by atoms with Gasteiger partial charge in [0.05, 0.1) is 13.0 Å². The van der Waals surface area contributed by atoms with Crippen LogP contribution in [0.15, 0.2) is 0 Å². The van der Waals surface area contributed by atoms with E-state index < -0.39 is 17.3 Å². The topological polar surface area (TPSA) is 101 Å². The van der Waals surface area contributed by atoms with Gasteiger partial charge < -0.3 is 15.7 Å². The van der Waals surface area contributed by atoms with Gasteiger partial charge in [-0.15, -0.1) is 0 Å². The molecule has 0 aromatic rings. The van der Waals surface area contributed by atoms with Crippen molar-refractivity contribution < 1.29 is 19.5 Å². The summed E-state index contributed by atoms with van der Waals surface area (Å²) in [7, 11) is 1.46. The first-order chi connectivity index (χ1) is 7.14. The molecule has 0 saturated heterocycles. The third-order valence-electron chi connectivity index (χ3n) is 2.08. The molecule has 0 unspecified atom stereocenters. The maximum atomic E-state index is 11.6. The fourth-order valence-corrected chi connectivity index (χ4v) is 1.34. The molecule has 0 aliphatic carbocycles. The Morgan fingerprint density at radius 3 is 2.12 bits per heavy atom. The molecule has 0 saturated carbocycles. The molecule has 0 radical (unpaired) electrons. The predicted molar refractivity (Wildman–Crippen MR) is 57.5 cm³/mol. The highest BCUT2D eigenvalue weighted by molar-refractivity contribution is 5.84. The zero-order chi connectivity index (χ0) is 12.9. The molecule has 6 nitrogen and oxygen atoms in total. The lowest BCUT2D eigenvalue weighted by Crippen LogP contribution is -2.37. The van der Waals surface area contributed by atoms with Gasteiger partial charge in [0.15, 0.2) is 0 Å². The number of carbonyl (C=O) groups excluding carboxylic acids is 2. The van der Waals surface area contributed by atoms with Crippen LogP contribution in [0.1, 0.15) is 26.7 Å². The van der Waals surface area contributed by atoms with E-state index in [9.17, 15) is 14.4 Å². The minimum Gasteiger partial charge on any atom is -0.481 e. The first kappa shape index (κ1) is 14.4. The number of primary amides is 1. The van der Waals surface area contributed by atoms with Gasteiger partial charge in [-0.25, -0.2) is 0 Å². The summed E-state index contributed by atoms with van der Waals surface area (Å²) in [5.41, 5.74) is 4.32. The second-order valence-electron chi connectivity index (χ2n) is 4.63. The minimum atomic E-state index is -0.949. The average Bonchev–Trinajstić information content (AvgIpc) is 1.98. The van der Waals surface area contributed by atoms with Crippen molar-refractivity contribution in [3.8, 4) is 0 Å². The number of carbonyl (C=O) groups is 3. The number of amides is 2. The van der Waals surface area contributed by atoms with E-state index in [1.807, 2.05) is 0 Å². The highest BCUT2D eigenvalue weighted by Gasteiger charge is 2.26. The lowest BCUT2D eigenvalue weighted by Gasteiger charge is -2.24. The number of carboxylic acids is 1. The van der Waals surface area contributed by atoms with Crippen molar-refractivity contribution in [3.05, 3.63) is 0 Å². The molecule has 0 aromatic heterocycles. The molecule has 0 spiro atoms. The summed E-state index contributed by atoms with van der Waals surface area (Å²) >= 11 is 0. The Balaban J connectivity index is 4.32. The summed E-state index contributed by atoms with van der Waals surface area (Å²) in [4.78, 5) is 33.9. The van der Waals surface area contributed by atoms with E-state index in [4.69, 9.17) is 10.8 Å². The van der Waals surface area contributed by atoms with Gasteiger partial charge >= 0.3 is 5.97 Å². The van der Waals surface area contributed by atoms with Crippen LogP contribution in [-0.4, -0.2) is 41.4 Å². The molecule has 0 bridgehead atoms. The maximum absolute atomic E-state index is 11.6. The van der Waals surface area contributed by atoms with Gasteiger partial charge in [-0.2, -0.15) is 0 Å². The first-order valence-corrected chi connectivity index (χ1v) is 4.88. The van der Waals surface area contributed by atoms with Crippen molar-refractivity contribution >= 4 is 17.8 Å². The largest absolute Gasteiger partial charge is 0.481 e. The van der Waals surface area contributed by atoms with E-state index in [0.29, 0.717) is 0 Å². The van der Waals surface area contributed by atoms with Gasteiger partial charge in [0, 0.05) is 13.5 Å². The third kappa shape index (κ3) is 6.00. The van der Waals surface area contributed by atoms with Gasteiger partial charge in [-0.1, -0.05) is 13.8 Å². The van der Waals surface area contributed by atoms with Crippen LogP contribution < -0.4 is 5.73 Å². The van der Waals surface area contributed by atoms with Gasteiger partial charge in [0.2, 0.25) is 11.8 Å². The highest BCUT2D eigenvalue weighted by atomic mass is 16.4. The van der Waals surface area contributed by atoms with Crippen molar-refractivity contribution in [1.29, 1.82) is 0 Å².